The highest BCUT2D eigenvalue weighted by atomic mass is 16.4. The standard InChI is InChI=1S/C9H17NO2/c1-5(2)6-3-4-7(10)8(6)9(11)12/h5-8H,3-4,10H2,1-2H3,(H,11,12). The summed E-state index contributed by atoms with van der Waals surface area (Å²) in [6, 6.07) is -0.130. The summed E-state index contributed by atoms with van der Waals surface area (Å²) in [6.07, 6.45) is 1.83. The molecule has 3 N–H and O–H groups in total. The van der Waals surface area contributed by atoms with Gasteiger partial charge in [-0.2, -0.15) is 0 Å². The number of carboxylic acid groups (broad SMARTS) is 1. The number of carboxylic acids is 1. The number of rotatable bonds is 2. The first kappa shape index (κ1) is 9.52. The van der Waals surface area contributed by atoms with E-state index in [-0.39, 0.29) is 17.9 Å². The molecule has 1 aliphatic carbocycles. The first-order valence-electron chi connectivity index (χ1n) is 4.52. The molecular weight excluding hydrogens is 154 g/mol. The number of hydrogen-bond acceptors (Lipinski definition) is 2. The number of hydrogen-bond donors (Lipinski definition) is 2. The average molecular weight is 171 g/mol. The van der Waals surface area contributed by atoms with Crippen LogP contribution in [0, 0.1) is 17.8 Å². The molecule has 1 saturated carbocycles. The maximum absolute atomic E-state index is 10.8. The van der Waals surface area contributed by atoms with E-state index in [1.54, 1.807) is 0 Å². The van der Waals surface area contributed by atoms with Crippen LogP contribution in [0.25, 0.3) is 0 Å². The molecule has 1 aliphatic rings. The van der Waals surface area contributed by atoms with Gasteiger partial charge in [0.25, 0.3) is 0 Å². The fourth-order valence-electron chi connectivity index (χ4n) is 2.18. The van der Waals surface area contributed by atoms with Crippen LogP contribution >= 0.6 is 0 Å². The van der Waals surface area contributed by atoms with Crippen LogP contribution in [0.15, 0.2) is 0 Å². The smallest absolute Gasteiger partial charge is 0.308 e. The largest absolute Gasteiger partial charge is 0.481 e. The second kappa shape index (κ2) is 3.44. The van der Waals surface area contributed by atoms with Crippen molar-refractivity contribution in [3.05, 3.63) is 0 Å². The first-order chi connectivity index (χ1) is 5.54. The highest BCUT2D eigenvalue weighted by molar-refractivity contribution is 5.71. The Balaban J connectivity index is 2.70. The van der Waals surface area contributed by atoms with Crippen molar-refractivity contribution < 1.29 is 9.90 Å². The minimum absolute atomic E-state index is 0.130. The monoisotopic (exact) mass is 171 g/mol. The van der Waals surface area contributed by atoms with Crippen LogP contribution in [0.4, 0.5) is 0 Å². The molecule has 0 aromatic heterocycles. The van der Waals surface area contributed by atoms with Crippen molar-refractivity contribution in [3.8, 4) is 0 Å². The second-order valence-corrected chi connectivity index (χ2v) is 4.01. The van der Waals surface area contributed by atoms with Gasteiger partial charge in [-0.15, -0.1) is 0 Å². The Hall–Kier alpha value is -0.570. The highest BCUT2D eigenvalue weighted by Gasteiger charge is 2.40. The lowest BCUT2D eigenvalue weighted by atomic mass is 9.85. The van der Waals surface area contributed by atoms with Gasteiger partial charge in [-0.25, -0.2) is 0 Å². The van der Waals surface area contributed by atoms with Gasteiger partial charge in [0, 0.05) is 6.04 Å². The molecule has 0 aliphatic heterocycles. The van der Waals surface area contributed by atoms with E-state index in [1.165, 1.54) is 0 Å². The Labute approximate surface area is 72.9 Å². The first-order valence-corrected chi connectivity index (χ1v) is 4.52. The SMILES string of the molecule is CC(C)C1CCC(N)C1C(=O)O. The van der Waals surface area contributed by atoms with Gasteiger partial charge in [0.1, 0.15) is 0 Å². The minimum Gasteiger partial charge on any atom is -0.481 e. The van der Waals surface area contributed by atoms with Gasteiger partial charge in [0.15, 0.2) is 0 Å². The maximum Gasteiger partial charge on any atom is 0.308 e. The molecule has 3 atom stereocenters. The van der Waals surface area contributed by atoms with Gasteiger partial charge in [-0.3, -0.25) is 4.79 Å². The molecule has 0 bridgehead atoms. The number of aliphatic carboxylic acids is 1. The van der Waals surface area contributed by atoms with E-state index in [1.807, 2.05) is 0 Å². The summed E-state index contributed by atoms with van der Waals surface area (Å²) < 4.78 is 0. The summed E-state index contributed by atoms with van der Waals surface area (Å²) in [5.41, 5.74) is 5.73. The predicted molar refractivity (Wildman–Crippen MR) is 46.7 cm³/mol. The molecule has 12 heavy (non-hydrogen) atoms. The van der Waals surface area contributed by atoms with Gasteiger partial charge < -0.3 is 10.8 Å². The van der Waals surface area contributed by atoms with Gasteiger partial charge in [-0.1, -0.05) is 13.8 Å². The van der Waals surface area contributed by atoms with E-state index in [0.717, 1.165) is 12.8 Å². The topological polar surface area (TPSA) is 63.3 Å². The van der Waals surface area contributed by atoms with Crippen LogP contribution in [0.3, 0.4) is 0 Å². The normalized spacial score (nSPS) is 35.8. The summed E-state index contributed by atoms with van der Waals surface area (Å²) >= 11 is 0. The predicted octanol–water partition coefficient (Wildman–Crippen LogP) is 1.08. The van der Waals surface area contributed by atoms with Crippen molar-refractivity contribution in [2.75, 3.05) is 0 Å². The summed E-state index contributed by atoms with van der Waals surface area (Å²) in [7, 11) is 0. The molecule has 0 radical (unpaired) electrons. The zero-order valence-corrected chi connectivity index (χ0v) is 7.66. The molecule has 0 amide bonds. The number of nitrogens with two attached hydrogens (primary N) is 1. The zero-order valence-electron chi connectivity index (χ0n) is 7.66. The van der Waals surface area contributed by atoms with Crippen LogP contribution in [0.2, 0.25) is 0 Å². The van der Waals surface area contributed by atoms with Crippen LogP contribution < -0.4 is 5.73 Å². The second-order valence-electron chi connectivity index (χ2n) is 4.01. The quantitative estimate of drug-likeness (QED) is 0.653. The van der Waals surface area contributed by atoms with Crippen LogP contribution in [0.1, 0.15) is 26.7 Å². The Kier molecular flexibility index (Phi) is 2.73. The molecule has 0 saturated heterocycles. The Morgan fingerprint density at radius 1 is 1.50 bits per heavy atom. The van der Waals surface area contributed by atoms with E-state index in [0.29, 0.717) is 5.92 Å². The molecule has 70 valence electrons. The van der Waals surface area contributed by atoms with Crippen molar-refractivity contribution in [1.82, 2.24) is 0 Å². The Bertz CT molecular complexity index is 179. The minimum atomic E-state index is -0.723. The molecule has 0 aromatic rings. The third-order valence-electron chi connectivity index (χ3n) is 2.90. The highest BCUT2D eigenvalue weighted by Crippen LogP contribution is 2.36. The van der Waals surface area contributed by atoms with Crippen molar-refractivity contribution in [2.24, 2.45) is 23.5 Å². The molecule has 0 heterocycles. The lowest BCUT2D eigenvalue weighted by Crippen LogP contribution is -2.35. The van der Waals surface area contributed by atoms with E-state index >= 15 is 0 Å². The molecule has 1 fully saturated rings. The van der Waals surface area contributed by atoms with Crippen LogP contribution in [-0.2, 0) is 4.79 Å². The zero-order chi connectivity index (χ0) is 9.30. The third-order valence-corrected chi connectivity index (χ3v) is 2.90. The summed E-state index contributed by atoms with van der Waals surface area (Å²) in [5.74, 6) is -0.333. The molecule has 3 unspecified atom stereocenters. The molecule has 1 rings (SSSR count). The van der Waals surface area contributed by atoms with Crippen molar-refractivity contribution >= 4 is 5.97 Å². The van der Waals surface area contributed by atoms with Gasteiger partial charge >= 0.3 is 5.97 Å². The van der Waals surface area contributed by atoms with E-state index in [4.69, 9.17) is 10.8 Å². The Morgan fingerprint density at radius 2 is 2.08 bits per heavy atom. The van der Waals surface area contributed by atoms with E-state index < -0.39 is 5.97 Å². The van der Waals surface area contributed by atoms with Crippen LogP contribution in [-0.4, -0.2) is 17.1 Å². The summed E-state index contributed by atoms with van der Waals surface area (Å²) in [4.78, 5) is 10.8. The lowest BCUT2D eigenvalue weighted by molar-refractivity contribution is -0.143. The van der Waals surface area contributed by atoms with Gasteiger partial charge in [0.2, 0.25) is 0 Å². The fourth-order valence-corrected chi connectivity index (χ4v) is 2.18. The van der Waals surface area contributed by atoms with Crippen LogP contribution in [0.5, 0.6) is 0 Å². The summed E-state index contributed by atoms with van der Waals surface area (Å²) in [6.45, 7) is 4.14. The molecular formula is C9H17NO2. The third kappa shape index (κ3) is 1.61. The molecule has 3 nitrogen and oxygen atoms in total. The van der Waals surface area contributed by atoms with Crippen molar-refractivity contribution in [3.63, 3.8) is 0 Å². The van der Waals surface area contributed by atoms with Crippen molar-refractivity contribution in [2.45, 2.75) is 32.7 Å². The van der Waals surface area contributed by atoms with E-state index in [2.05, 4.69) is 13.8 Å². The average Bonchev–Trinajstić information content (AvgIpc) is 2.30. The fraction of sp³-hybridized carbons (Fsp3) is 0.889. The Morgan fingerprint density at radius 3 is 2.42 bits per heavy atom. The molecule has 3 heteroatoms. The maximum atomic E-state index is 10.8. The van der Waals surface area contributed by atoms with Crippen molar-refractivity contribution in [1.29, 1.82) is 0 Å². The number of carbonyl (C=O) groups is 1. The lowest BCUT2D eigenvalue weighted by Gasteiger charge is -2.21. The molecule has 0 aromatic carbocycles. The van der Waals surface area contributed by atoms with Gasteiger partial charge in [-0.05, 0) is 24.7 Å². The summed E-state index contributed by atoms with van der Waals surface area (Å²) in [5, 5.41) is 8.92. The van der Waals surface area contributed by atoms with Gasteiger partial charge in [0.05, 0.1) is 5.92 Å². The molecule has 0 spiro atoms. The van der Waals surface area contributed by atoms with E-state index in [9.17, 15) is 4.79 Å².